The zero-order valence-electron chi connectivity index (χ0n) is 9.92. The Hall–Kier alpha value is -0.830. The summed E-state index contributed by atoms with van der Waals surface area (Å²) in [6, 6.07) is 5.96. The molecule has 0 heterocycles. The molecule has 0 aromatic heterocycles. The van der Waals surface area contributed by atoms with E-state index in [0.717, 1.165) is 22.1 Å². The Morgan fingerprint density at radius 3 is 2.62 bits per heavy atom. The van der Waals surface area contributed by atoms with Crippen molar-refractivity contribution in [2.45, 2.75) is 32.6 Å². The van der Waals surface area contributed by atoms with Crippen molar-refractivity contribution in [3.63, 3.8) is 0 Å². The highest BCUT2D eigenvalue weighted by molar-refractivity contribution is 9.10. The summed E-state index contributed by atoms with van der Waals surface area (Å²) < 4.78 is 6.65. The Labute approximate surface area is 105 Å². The van der Waals surface area contributed by atoms with Gasteiger partial charge in [0.05, 0.1) is 6.61 Å². The van der Waals surface area contributed by atoms with Crippen LogP contribution in [0.2, 0.25) is 0 Å². The van der Waals surface area contributed by atoms with Crippen LogP contribution in [0.5, 0.6) is 5.75 Å². The number of carbonyl (C=O) groups is 1. The van der Waals surface area contributed by atoms with Crippen molar-refractivity contribution in [1.82, 2.24) is 0 Å². The molecule has 0 saturated carbocycles. The molecule has 1 aromatic carbocycles. The Morgan fingerprint density at radius 1 is 1.38 bits per heavy atom. The summed E-state index contributed by atoms with van der Waals surface area (Å²) in [7, 11) is 0. The average Bonchev–Trinajstić information content (AvgIpc) is 2.19. The number of aldehydes is 1. The molecule has 0 bridgehead atoms. The van der Waals surface area contributed by atoms with Crippen LogP contribution in [-0.2, 0) is 10.2 Å². The van der Waals surface area contributed by atoms with Crippen LogP contribution in [0.25, 0.3) is 0 Å². The van der Waals surface area contributed by atoms with Crippen molar-refractivity contribution >= 4 is 22.2 Å². The molecular weight excluding hydrogens is 268 g/mol. The predicted molar refractivity (Wildman–Crippen MR) is 69.0 cm³/mol. The molecule has 0 spiro atoms. The van der Waals surface area contributed by atoms with Crippen LogP contribution in [0.4, 0.5) is 0 Å². The van der Waals surface area contributed by atoms with Crippen LogP contribution in [0.1, 0.15) is 32.8 Å². The lowest BCUT2D eigenvalue weighted by Gasteiger charge is -2.23. The minimum atomic E-state index is 0.0281. The molecule has 2 nitrogen and oxygen atoms in total. The van der Waals surface area contributed by atoms with Gasteiger partial charge in [0.1, 0.15) is 12.0 Å². The van der Waals surface area contributed by atoms with Crippen LogP contribution in [0.15, 0.2) is 22.7 Å². The second kappa shape index (κ2) is 5.48. The molecule has 0 aliphatic rings. The molecule has 0 saturated heterocycles. The molecule has 0 amide bonds. The maximum Gasteiger partial charge on any atom is 0.123 e. The van der Waals surface area contributed by atoms with Gasteiger partial charge in [-0.25, -0.2) is 0 Å². The SMILES string of the molecule is CC(C)(C)c1cc(Br)ccc1OCCC=O. The predicted octanol–water partition coefficient (Wildman–Crippen LogP) is 3.71. The van der Waals surface area contributed by atoms with E-state index in [-0.39, 0.29) is 5.41 Å². The average molecular weight is 285 g/mol. The van der Waals surface area contributed by atoms with Crippen molar-refractivity contribution in [3.8, 4) is 5.75 Å². The normalized spacial score (nSPS) is 11.2. The number of ether oxygens (including phenoxy) is 1. The largest absolute Gasteiger partial charge is 0.493 e. The van der Waals surface area contributed by atoms with Gasteiger partial charge in [0.25, 0.3) is 0 Å². The maximum absolute atomic E-state index is 10.2. The Kier molecular flexibility index (Phi) is 4.54. The summed E-state index contributed by atoms with van der Waals surface area (Å²) in [6.45, 7) is 6.86. The van der Waals surface area contributed by atoms with Crippen molar-refractivity contribution in [2.24, 2.45) is 0 Å². The zero-order chi connectivity index (χ0) is 12.2. The van der Waals surface area contributed by atoms with Gasteiger partial charge in [-0.3, -0.25) is 0 Å². The first kappa shape index (κ1) is 13.2. The molecule has 0 fully saturated rings. The summed E-state index contributed by atoms with van der Waals surface area (Å²) in [5.41, 5.74) is 1.17. The standard InChI is InChI=1S/C13H17BrO2/c1-13(2,3)11-9-10(14)5-6-12(11)16-8-4-7-15/h5-7,9H,4,8H2,1-3H3. The monoisotopic (exact) mass is 284 g/mol. The third-order valence-corrected chi connectivity index (χ3v) is 2.74. The fourth-order valence-corrected chi connectivity index (χ4v) is 1.79. The van der Waals surface area contributed by atoms with Gasteiger partial charge in [-0.2, -0.15) is 0 Å². The molecule has 1 aromatic rings. The lowest BCUT2D eigenvalue weighted by molar-refractivity contribution is -0.108. The number of hydrogen-bond acceptors (Lipinski definition) is 2. The van der Waals surface area contributed by atoms with Gasteiger partial charge in [-0.05, 0) is 23.6 Å². The minimum absolute atomic E-state index is 0.0281. The minimum Gasteiger partial charge on any atom is -0.493 e. The lowest BCUT2D eigenvalue weighted by Crippen LogP contribution is -2.14. The Bertz CT molecular complexity index is 367. The first-order chi connectivity index (χ1) is 7.45. The Balaban J connectivity index is 2.94. The third-order valence-electron chi connectivity index (χ3n) is 2.24. The molecule has 0 radical (unpaired) electrons. The molecule has 3 heteroatoms. The molecule has 1 rings (SSSR count). The fraction of sp³-hybridized carbons (Fsp3) is 0.462. The summed E-state index contributed by atoms with van der Waals surface area (Å²) >= 11 is 3.46. The van der Waals surface area contributed by atoms with Crippen LogP contribution in [0, 0.1) is 0 Å². The zero-order valence-corrected chi connectivity index (χ0v) is 11.5. The highest BCUT2D eigenvalue weighted by Gasteiger charge is 2.19. The van der Waals surface area contributed by atoms with E-state index in [1.807, 2.05) is 12.1 Å². The summed E-state index contributed by atoms with van der Waals surface area (Å²) in [6.07, 6.45) is 1.30. The highest BCUT2D eigenvalue weighted by Crippen LogP contribution is 2.33. The van der Waals surface area contributed by atoms with E-state index in [1.54, 1.807) is 0 Å². The number of hydrogen-bond donors (Lipinski definition) is 0. The van der Waals surface area contributed by atoms with Crippen LogP contribution < -0.4 is 4.74 Å². The number of carbonyl (C=O) groups excluding carboxylic acids is 1. The van der Waals surface area contributed by atoms with Crippen molar-refractivity contribution in [2.75, 3.05) is 6.61 Å². The van der Waals surface area contributed by atoms with Gasteiger partial charge in [0.15, 0.2) is 0 Å². The molecule has 0 unspecified atom stereocenters. The van der Waals surface area contributed by atoms with Gasteiger partial charge in [-0.1, -0.05) is 36.7 Å². The van der Waals surface area contributed by atoms with Gasteiger partial charge >= 0.3 is 0 Å². The second-order valence-electron chi connectivity index (χ2n) is 4.69. The lowest BCUT2D eigenvalue weighted by atomic mass is 9.86. The van der Waals surface area contributed by atoms with Gasteiger partial charge in [-0.15, -0.1) is 0 Å². The van der Waals surface area contributed by atoms with E-state index < -0.39 is 0 Å². The second-order valence-corrected chi connectivity index (χ2v) is 5.61. The quantitative estimate of drug-likeness (QED) is 0.622. The first-order valence-electron chi connectivity index (χ1n) is 5.31. The van der Waals surface area contributed by atoms with E-state index in [4.69, 9.17) is 4.74 Å². The van der Waals surface area contributed by atoms with E-state index in [0.29, 0.717) is 13.0 Å². The van der Waals surface area contributed by atoms with Crippen molar-refractivity contribution < 1.29 is 9.53 Å². The number of rotatable bonds is 4. The smallest absolute Gasteiger partial charge is 0.123 e. The number of halogens is 1. The van der Waals surface area contributed by atoms with Gasteiger partial charge in [0.2, 0.25) is 0 Å². The third kappa shape index (κ3) is 3.63. The van der Waals surface area contributed by atoms with Crippen molar-refractivity contribution in [3.05, 3.63) is 28.2 Å². The number of benzene rings is 1. The van der Waals surface area contributed by atoms with Gasteiger partial charge in [0, 0.05) is 16.5 Å². The van der Waals surface area contributed by atoms with Crippen molar-refractivity contribution in [1.29, 1.82) is 0 Å². The van der Waals surface area contributed by atoms with E-state index in [2.05, 4.69) is 42.8 Å². The molecule has 0 aliphatic carbocycles. The van der Waals surface area contributed by atoms with Gasteiger partial charge < -0.3 is 9.53 Å². The van der Waals surface area contributed by atoms with E-state index in [1.165, 1.54) is 0 Å². The van der Waals surface area contributed by atoms with E-state index in [9.17, 15) is 4.79 Å². The van der Waals surface area contributed by atoms with Crippen LogP contribution in [-0.4, -0.2) is 12.9 Å². The Morgan fingerprint density at radius 2 is 2.06 bits per heavy atom. The summed E-state index contributed by atoms with van der Waals surface area (Å²) in [4.78, 5) is 10.2. The fourth-order valence-electron chi connectivity index (χ4n) is 1.43. The topological polar surface area (TPSA) is 26.3 Å². The molecule has 16 heavy (non-hydrogen) atoms. The maximum atomic E-state index is 10.2. The molecule has 0 N–H and O–H groups in total. The summed E-state index contributed by atoms with van der Waals surface area (Å²) in [5, 5.41) is 0. The molecule has 0 aliphatic heterocycles. The van der Waals surface area contributed by atoms with E-state index >= 15 is 0 Å². The first-order valence-corrected chi connectivity index (χ1v) is 6.11. The highest BCUT2D eigenvalue weighted by atomic mass is 79.9. The molecular formula is C13H17BrO2. The molecule has 0 atom stereocenters. The van der Waals surface area contributed by atoms with Crippen LogP contribution >= 0.6 is 15.9 Å². The van der Waals surface area contributed by atoms with Crippen LogP contribution in [0.3, 0.4) is 0 Å². The summed E-state index contributed by atoms with van der Waals surface area (Å²) in [5.74, 6) is 0.859. The molecule has 88 valence electrons.